The summed E-state index contributed by atoms with van der Waals surface area (Å²) in [6.45, 7) is 6.63. The third-order valence-corrected chi connectivity index (χ3v) is 3.95. The third kappa shape index (κ3) is 2.61. The van der Waals surface area contributed by atoms with Crippen LogP contribution in [-0.2, 0) is 14.3 Å². The minimum Gasteiger partial charge on any atom is -0.481 e. The molecule has 0 bridgehead atoms. The van der Waals surface area contributed by atoms with Crippen LogP contribution in [-0.4, -0.2) is 54.1 Å². The van der Waals surface area contributed by atoms with Crippen molar-refractivity contribution in [3.63, 3.8) is 0 Å². The summed E-state index contributed by atoms with van der Waals surface area (Å²) >= 11 is 0. The smallest absolute Gasteiger partial charge is 0.307 e. The molecular weight excluding hydrogens is 222 g/mol. The molecule has 0 aromatic carbocycles. The highest BCUT2D eigenvalue weighted by atomic mass is 16.7. The largest absolute Gasteiger partial charge is 0.481 e. The maximum Gasteiger partial charge on any atom is 0.307 e. The number of likely N-dealkylation sites (tertiary alicyclic amines) is 1. The molecule has 2 heterocycles. The van der Waals surface area contributed by atoms with E-state index >= 15 is 0 Å². The van der Waals surface area contributed by atoms with Crippen LogP contribution in [0.5, 0.6) is 0 Å². The predicted octanol–water partition coefficient (Wildman–Crippen LogP) is 0.934. The Kier molecular flexibility index (Phi) is 3.70. The summed E-state index contributed by atoms with van der Waals surface area (Å²) in [4.78, 5) is 13.2. The van der Waals surface area contributed by atoms with E-state index in [1.807, 2.05) is 6.92 Å². The Labute approximate surface area is 102 Å². The zero-order chi connectivity index (χ0) is 12.5. The van der Waals surface area contributed by atoms with Crippen molar-refractivity contribution in [1.29, 1.82) is 0 Å². The number of hydrogen-bond donors (Lipinski definition) is 1. The second-order valence-electron chi connectivity index (χ2n) is 5.05. The van der Waals surface area contributed by atoms with Gasteiger partial charge in [-0.3, -0.25) is 9.69 Å². The number of carbonyl (C=O) groups is 1. The molecule has 0 aliphatic carbocycles. The van der Waals surface area contributed by atoms with Crippen LogP contribution in [0.3, 0.4) is 0 Å². The summed E-state index contributed by atoms with van der Waals surface area (Å²) in [5.41, 5.74) is 0. The molecule has 2 rings (SSSR count). The molecule has 5 nitrogen and oxygen atoms in total. The first-order valence-electron chi connectivity index (χ1n) is 6.29. The van der Waals surface area contributed by atoms with E-state index in [9.17, 15) is 4.79 Å². The average Bonchev–Trinajstić information content (AvgIpc) is 2.75. The fourth-order valence-corrected chi connectivity index (χ4v) is 2.62. The van der Waals surface area contributed by atoms with Crippen molar-refractivity contribution in [3.8, 4) is 0 Å². The van der Waals surface area contributed by atoms with Crippen molar-refractivity contribution in [3.05, 3.63) is 0 Å². The van der Waals surface area contributed by atoms with Crippen LogP contribution < -0.4 is 0 Å². The fraction of sp³-hybridized carbons (Fsp3) is 0.917. The van der Waals surface area contributed by atoms with Crippen molar-refractivity contribution in [1.82, 2.24) is 4.90 Å². The molecule has 0 aromatic rings. The van der Waals surface area contributed by atoms with Gasteiger partial charge in [-0.15, -0.1) is 0 Å². The minimum absolute atomic E-state index is 0.0116. The summed E-state index contributed by atoms with van der Waals surface area (Å²) in [5.74, 6) is -1.58. The van der Waals surface area contributed by atoms with Gasteiger partial charge in [0, 0.05) is 12.5 Å². The SMILES string of the molecule is CC(C(=O)O)C(C)N1CCCC2(C1)OCCO2. The number of rotatable bonds is 3. The number of carboxylic acids is 1. The molecule has 2 fully saturated rings. The van der Waals surface area contributed by atoms with Gasteiger partial charge in [-0.25, -0.2) is 0 Å². The Morgan fingerprint density at radius 1 is 1.35 bits per heavy atom. The number of ether oxygens (including phenoxy) is 2. The Morgan fingerprint density at radius 2 is 2.00 bits per heavy atom. The number of aliphatic carboxylic acids is 1. The lowest BCUT2D eigenvalue weighted by Crippen LogP contribution is -2.53. The van der Waals surface area contributed by atoms with Gasteiger partial charge < -0.3 is 14.6 Å². The highest BCUT2D eigenvalue weighted by Crippen LogP contribution is 2.31. The number of nitrogens with zero attached hydrogens (tertiary/aromatic N) is 1. The van der Waals surface area contributed by atoms with Crippen LogP contribution in [0.15, 0.2) is 0 Å². The highest BCUT2D eigenvalue weighted by Gasteiger charge is 2.42. The molecule has 0 radical (unpaired) electrons. The second-order valence-corrected chi connectivity index (χ2v) is 5.05. The zero-order valence-electron chi connectivity index (χ0n) is 10.5. The second kappa shape index (κ2) is 4.92. The lowest BCUT2D eigenvalue weighted by molar-refractivity contribution is -0.196. The lowest BCUT2D eigenvalue weighted by Gasteiger charge is -2.42. The molecule has 98 valence electrons. The first-order chi connectivity index (χ1) is 8.04. The Bertz CT molecular complexity index is 288. The number of hydrogen-bond acceptors (Lipinski definition) is 4. The van der Waals surface area contributed by atoms with E-state index in [2.05, 4.69) is 4.90 Å². The van der Waals surface area contributed by atoms with Gasteiger partial charge in [-0.2, -0.15) is 0 Å². The number of carboxylic acid groups (broad SMARTS) is 1. The Morgan fingerprint density at radius 3 is 2.59 bits per heavy atom. The van der Waals surface area contributed by atoms with Gasteiger partial charge in [-0.05, 0) is 19.9 Å². The van der Waals surface area contributed by atoms with Gasteiger partial charge in [0.25, 0.3) is 0 Å². The summed E-state index contributed by atoms with van der Waals surface area (Å²) < 4.78 is 11.4. The van der Waals surface area contributed by atoms with Crippen LogP contribution in [0.2, 0.25) is 0 Å². The van der Waals surface area contributed by atoms with Gasteiger partial charge in [0.1, 0.15) is 0 Å². The molecule has 1 spiro atoms. The molecule has 5 heteroatoms. The van der Waals surface area contributed by atoms with Crippen LogP contribution in [0.25, 0.3) is 0 Å². The molecule has 2 unspecified atom stereocenters. The van der Waals surface area contributed by atoms with Crippen molar-refractivity contribution in [2.75, 3.05) is 26.3 Å². The molecule has 1 N–H and O–H groups in total. The van der Waals surface area contributed by atoms with E-state index in [0.29, 0.717) is 19.8 Å². The van der Waals surface area contributed by atoms with Crippen LogP contribution in [0.1, 0.15) is 26.7 Å². The molecule has 2 saturated heterocycles. The van der Waals surface area contributed by atoms with Gasteiger partial charge in [0.2, 0.25) is 0 Å². The quantitative estimate of drug-likeness (QED) is 0.799. The maximum atomic E-state index is 11.0. The number of piperidine rings is 1. The zero-order valence-corrected chi connectivity index (χ0v) is 10.5. The van der Waals surface area contributed by atoms with E-state index in [4.69, 9.17) is 14.6 Å². The van der Waals surface area contributed by atoms with E-state index in [0.717, 1.165) is 19.4 Å². The van der Waals surface area contributed by atoms with E-state index < -0.39 is 11.8 Å². The highest BCUT2D eigenvalue weighted by molar-refractivity contribution is 5.70. The van der Waals surface area contributed by atoms with Crippen LogP contribution in [0.4, 0.5) is 0 Å². The molecular formula is C12H21NO4. The van der Waals surface area contributed by atoms with Gasteiger partial charge in [0.05, 0.1) is 25.7 Å². The fourth-order valence-electron chi connectivity index (χ4n) is 2.62. The van der Waals surface area contributed by atoms with Crippen molar-refractivity contribution < 1.29 is 19.4 Å². The van der Waals surface area contributed by atoms with Crippen LogP contribution >= 0.6 is 0 Å². The van der Waals surface area contributed by atoms with Crippen molar-refractivity contribution >= 4 is 5.97 Å². The molecule has 0 amide bonds. The monoisotopic (exact) mass is 243 g/mol. The average molecular weight is 243 g/mol. The topological polar surface area (TPSA) is 59.0 Å². The summed E-state index contributed by atoms with van der Waals surface area (Å²) in [6, 6.07) is 0.0116. The summed E-state index contributed by atoms with van der Waals surface area (Å²) in [6.07, 6.45) is 1.91. The van der Waals surface area contributed by atoms with Gasteiger partial charge in [0.15, 0.2) is 5.79 Å². The van der Waals surface area contributed by atoms with Crippen molar-refractivity contribution in [2.24, 2.45) is 5.92 Å². The molecule has 17 heavy (non-hydrogen) atoms. The summed E-state index contributed by atoms with van der Waals surface area (Å²) in [5, 5.41) is 9.05. The lowest BCUT2D eigenvalue weighted by atomic mass is 9.97. The first-order valence-corrected chi connectivity index (χ1v) is 6.29. The minimum atomic E-state index is -0.745. The summed E-state index contributed by atoms with van der Waals surface area (Å²) in [7, 11) is 0. The molecule has 2 aliphatic rings. The molecule has 2 aliphatic heterocycles. The van der Waals surface area contributed by atoms with E-state index in [1.165, 1.54) is 0 Å². The molecule has 0 saturated carbocycles. The van der Waals surface area contributed by atoms with E-state index in [1.54, 1.807) is 6.92 Å². The predicted molar refractivity (Wildman–Crippen MR) is 61.7 cm³/mol. The van der Waals surface area contributed by atoms with Crippen LogP contribution in [0, 0.1) is 5.92 Å². The van der Waals surface area contributed by atoms with Gasteiger partial charge >= 0.3 is 5.97 Å². The normalized spacial score (nSPS) is 28.1. The maximum absolute atomic E-state index is 11.0. The molecule has 0 aromatic heterocycles. The van der Waals surface area contributed by atoms with E-state index in [-0.39, 0.29) is 12.0 Å². The first kappa shape index (κ1) is 12.8. The van der Waals surface area contributed by atoms with Gasteiger partial charge in [-0.1, -0.05) is 6.92 Å². The van der Waals surface area contributed by atoms with Crippen molar-refractivity contribution in [2.45, 2.75) is 38.5 Å². The Hall–Kier alpha value is -0.650. The third-order valence-electron chi connectivity index (χ3n) is 3.95. The molecule has 2 atom stereocenters. The Balaban J connectivity index is 1.99. The standard InChI is InChI=1S/C12H21NO4/c1-9(11(14)15)10(2)13-5-3-4-12(8-13)16-6-7-17-12/h9-10H,3-8H2,1-2H3,(H,14,15).